The number of aliphatic hydroxyl groups is 1. The maximum absolute atomic E-state index is 13.2. The second-order valence-corrected chi connectivity index (χ2v) is 4.92. The molecule has 3 atom stereocenters. The van der Waals surface area contributed by atoms with Crippen LogP contribution in [-0.2, 0) is 4.74 Å². The topological polar surface area (TPSA) is 62.1 Å². The van der Waals surface area contributed by atoms with Crippen molar-refractivity contribution in [1.29, 1.82) is 0 Å². The number of carbonyl (C=O) groups excluding carboxylic acids is 1. The van der Waals surface area contributed by atoms with Crippen molar-refractivity contribution in [2.24, 2.45) is 16.9 Å². The molecule has 0 radical (unpaired) electrons. The van der Waals surface area contributed by atoms with Crippen LogP contribution in [0.5, 0.6) is 0 Å². The van der Waals surface area contributed by atoms with E-state index in [-0.39, 0.29) is 23.1 Å². The first-order valence-electron chi connectivity index (χ1n) is 5.99. The van der Waals surface area contributed by atoms with Gasteiger partial charge in [-0.2, -0.15) is 23.3 Å². The van der Waals surface area contributed by atoms with Crippen LogP contribution in [0.2, 0.25) is 0 Å². The SMILES string of the molecule is COC(=O)N1N=C2[C@H](C)CCC[C@H]2[C@@]1(O)C(F)(F)F. The van der Waals surface area contributed by atoms with E-state index >= 15 is 0 Å². The van der Waals surface area contributed by atoms with Crippen LogP contribution in [0.4, 0.5) is 18.0 Å². The number of hydrogen-bond donors (Lipinski definition) is 1. The molecular weight excluding hydrogens is 265 g/mol. The Morgan fingerprint density at radius 3 is 2.68 bits per heavy atom. The Morgan fingerprint density at radius 1 is 1.53 bits per heavy atom. The predicted octanol–water partition coefficient (Wildman–Crippen LogP) is 2.11. The number of ether oxygens (including phenoxy) is 1. The number of hydrogen-bond acceptors (Lipinski definition) is 4. The number of halogens is 3. The van der Waals surface area contributed by atoms with E-state index in [0.29, 0.717) is 12.8 Å². The average molecular weight is 280 g/mol. The van der Waals surface area contributed by atoms with Gasteiger partial charge in [-0.05, 0) is 18.8 Å². The number of nitrogens with zero attached hydrogens (tertiary/aromatic N) is 2. The van der Waals surface area contributed by atoms with Crippen molar-refractivity contribution in [2.75, 3.05) is 7.11 Å². The van der Waals surface area contributed by atoms with Crippen molar-refractivity contribution < 1.29 is 27.8 Å². The largest absolute Gasteiger partial charge is 0.451 e. The van der Waals surface area contributed by atoms with Crippen LogP contribution in [0.3, 0.4) is 0 Å². The molecule has 0 aromatic heterocycles. The summed E-state index contributed by atoms with van der Waals surface area (Å²) in [4.78, 5) is 11.5. The zero-order valence-corrected chi connectivity index (χ0v) is 10.6. The molecule has 1 N–H and O–H groups in total. The van der Waals surface area contributed by atoms with E-state index in [1.807, 2.05) is 0 Å². The number of methoxy groups -OCH3 is 1. The zero-order chi connectivity index (χ0) is 14.4. The van der Waals surface area contributed by atoms with Crippen molar-refractivity contribution in [3.8, 4) is 0 Å². The highest BCUT2D eigenvalue weighted by Crippen LogP contribution is 2.49. The van der Waals surface area contributed by atoms with E-state index in [1.165, 1.54) is 0 Å². The van der Waals surface area contributed by atoms with Gasteiger partial charge in [0.25, 0.3) is 5.72 Å². The van der Waals surface area contributed by atoms with E-state index in [1.54, 1.807) is 6.92 Å². The summed E-state index contributed by atoms with van der Waals surface area (Å²) >= 11 is 0. The fourth-order valence-electron chi connectivity index (χ4n) is 2.77. The number of alkyl halides is 3. The molecule has 1 aliphatic heterocycles. The summed E-state index contributed by atoms with van der Waals surface area (Å²) < 4.78 is 43.9. The van der Waals surface area contributed by atoms with Gasteiger partial charge in [0, 0.05) is 5.71 Å². The molecule has 19 heavy (non-hydrogen) atoms. The van der Waals surface area contributed by atoms with Gasteiger partial charge in [0.05, 0.1) is 13.0 Å². The second kappa shape index (κ2) is 4.36. The number of carbonyl (C=O) groups is 1. The molecule has 2 rings (SSSR count). The molecule has 0 aromatic carbocycles. The summed E-state index contributed by atoms with van der Waals surface area (Å²) in [6.45, 7) is 1.74. The molecule has 0 unspecified atom stereocenters. The Morgan fingerprint density at radius 2 is 2.16 bits per heavy atom. The Hall–Kier alpha value is -1.31. The minimum atomic E-state index is -4.99. The Balaban J connectivity index is 2.48. The summed E-state index contributed by atoms with van der Waals surface area (Å²) in [5.41, 5.74) is -3.08. The quantitative estimate of drug-likeness (QED) is 0.739. The monoisotopic (exact) mass is 280 g/mol. The molecule has 1 heterocycles. The molecule has 0 aromatic rings. The van der Waals surface area contributed by atoms with Crippen LogP contribution >= 0.6 is 0 Å². The standard InChI is InChI=1S/C11H15F3N2O3/c1-6-4-3-5-7-8(6)15-16(9(17)19-2)10(7,18)11(12,13)14/h6-7,18H,3-5H2,1-2H3/t6-,7-,10-/m1/s1. The fraction of sp³-hybridized carbons (Fsp3) is 0.818. The number of hydrazone groups is 1. The van der Waals surface area contributed by atoms with Gasteiger partial charge >= 0.3 is 12.3 Å². The van der Waals surface area contributed by atoms with Crippen LogP contribution < -0.4 is 0 Å². The molecule has 8 heteroatoms. The van der Waals surface area contributed by atoms with Gasteiger partial charge in [0.15, 0.2) is 0 Å². The molecule has 0 spiro atoms. The molecule has 1 aliphatic carbocycles. The Bertz CT molecular complexity index is 424. The molecular formula is C11H15F3N2O3. The Labute approximate surface area is 108 Å². The van der Waals surface area contributed by atoms with Gasteiger partial charge in [-0.1, -0.05) is 13.3 Å². The molecule has 1 saturated carbocycles. The fourth-order valence-corrected chi connectivity index (χ4v) is 2.77. The lowest BCUT2D eigenvalue weighted by atomic mass is 9.75. The lowest BCUT2D eigenvalue weighted by Crippen LogP contribution is -2.61. The second-order valence-electron chi connectivity index (χ2n) is 4.92. The van der Waals surface area contributed by atoms with Gasteiger partial charge < -0.3 is 9.84 Å². The highest BCUT2D eigenvalue weighted by Gasteiger charge is 2.69. The summed E-state index contributed by atoms with van der Waals surface area (Å²) in [7, 11) is 0.949. The third kappa shape index (κ3) is 1.89. The van der Waals surface area contributed by atoms with Crippen LogP contribution in [-0.4, -0.2) is 40.9 Å². The van der Waals surface area contributed by atoms with Gasteiger partial charge in [0.2, 0.25) is 0 Å². The third-order valence-electron chi connectivity index (χ3n) is 3.78. The van der Waals surface area contributed by atoms with Gasteiger partial charge in [0.1, 0.15) is 0 Å². The summed E-state index contributed by atoms with van der Waals surface area (Å²) in [5.74, 6) is -1.40. The van der Waals surface area contributed by atoms with Crippen LogP contribution in [0.1, 0.15) is 26.2 Å². The van der Waals surface area contributed by atoms with E-state index in [4.69, 9.17) is 0 Å². The molecule has 1 amide bonds. The van der Waals surface area contributed by atoms with Gasteiger partial charge in [-0.15, -0.1) is 0 Å². The molecule has 108 valence electrons. The van der Waals surface area contributed by atoms with Gasteiger partial charge in [-0.25, -0.2) is 4.79 Å². The molecule has 1 fully saturated rings. The number of rotatable bonds is 0. The van der Waals surface area contributed by atoms with Crippen molar-refractivity contribution in [2.45, 2.75) is 38.1 Å². The van der Waals surface area contributed by atoms with Crippen LogP contribution in [0, 0.1) is 11.8 Å². The lowest BCUT2D eigenvalue weighted by Gasteiger charge is -2.38. The highest BCUT2D eigenvalue weighted by molar-refractivity contribution is 5.93. The lowest BCUT2D eigenvalue weighted by molar-refractivity contribution is -0.315. The van der Waals surface area contributed by atoms with Crippen LogP contribution in [0.15, 0.2) is 5.10 Å². The smallest absolute Gasteiger partial charge is 0.439 e. The van der Waals surface area contributed by atoms with Crippen molar-refractivity contribution in [1.82, 2.24) is 5.01 Å². The van der Waals surface area contributed by atoms with E-state index in [0.717, 1.165) is 7.11 Å². The Kier molecular flexibility index (Phi) is 3.24. The first-order valence-corrected chi connectivity index (χ1v) is 5.99. The summed E-state index contributed by atoms with van der Waals surface area (Å²) in [6, 6.07) is 0. The zero-order valence-electron chi connectivity index (χ0n) is 10.6. The predicted molar refractivity (Wildman–Crippen MR) is 59.2 cm³/mol. The maximum Gasteiger partial charge on any atom is 0.439 e. The normalized spacial score (nSPS) is 34.8. The number of fused-ring (bicyclic) bond motifs is 1. The molecule has 2 aliphatic rings. The minimum Gasteiger partial charge on any atom is -0.451 e. The van der Waals surface area contributed by atoms with Crippen molar-refractivity contribution in [3.63, 3.8) is 0 Å². The summed E-state index contributed by atoms with van der Waals surface area (Å²) in [6.07, 6.45) is -4.91. The van der Waals surface area contributed by atoms with E-state index in [9.17, 15) is 23.1 Å². The highest BCUT2D eigenvalue weighted by atomic mass is 19.4. The van der Waals surface area contributed by atoms with Crippen molar-refractivity contribution in [3.05, 3.63) is 0 Å². The molecule has 0 saturated heterocycles. The maximum atomic E-state index is 13.2. The first kappa shape index (κ1) is 14.1. The van der Waals surface area contributed by atoms with E-state index < -0.39 is 23.9 Å². The van der Waals surface area contributed by atoms with Gasteiger partial charge in [-0.3, -0.25) is 0 Å². The van der Waals surface area contributed by atoms with Crippen LogP contribution in [0.25, 0.3) is 0 Å². The van der Waals surface area contributed by atoms with E-state index in [2.05, 4.69) is 9.84 Å². The average Bonchev–Trinajstić information content (AvgIpc) is 2.65. The summed E-state index contributed by atoms with van der Waals surface area (Å²) in [5, 5.41) is 13.8. The minimum absolute atomic E-state index is 0.0365. The number of amides is 1. The molecule has 5 nitrogen and oxygen atoms in total. The van der Waals surface area contributed by atoms with Crippen molar-refractivity contribution >= 4 is 11.8 Å². The first-order chi connectivity index (χ1) is 8.73. The third-order valence-corrected chi connectivity index (χ3v) is 3.78. The molecule has 0 bridgehead atoms.